The fourth-order valence-electron chi connectivity index (χ4n) is 2.93. The summed E-state index contributed by atoms with van der Waals surface area (Å²) >= 11 is 3.30. The molecule has 0 amide bonds. The Kier molecular flexibility index (Phi) is 4.76. The van der Waals surface area contributed by atoms with E-state index in [2.05, 4.69) is 27.3 Å². The average Bonchev–Trinajstić information content (AvgIpc) is 3.36. The van der Waals surface area contributed by atoms with E-state index >= 15 is 0 Å². The van der Waals surface area contributed by atoms with Crippen molar-refractivity contribution in [2.24, 2.45) is 10.1 Å². The molecule has 0 N–H and O–H groups in total. The molecule has 0 unspecified atom stereocenters. The predicted molar refractivity (Wildman–Crippen MR) is 99.8 cm³/mol. The van der Waals surface area contributed by atoms with E-state index in [-0.39, 0.29) is 0 Å². The normalized spacial score (nSPS) is 17.1. The molecule has 0 aliphatic heterocycles. The van der Waals surface area contributed by atoms with Crippen molar-refractivity contribution in [2.45, 2.75) is 38.1 Å². The molecule has 1 aliphatic carbocycles. The maximum Gasteiger partial charge on any atom is 0.206 e. The number of aromatic nitrogens is 1. The van der Waals surface area contributed by atoms with Crippen LogP contribution in [-0.4, -0.2) is 16.9 Å². The largest absolute Gasteiger partial charge is 0.463 e. The lowest BCUT2D eigenvalue weighted by atomic mass is 9.96. The molecule has 0 saturated heterocycles. The zero-order chi connectivity index (χ0) is 16.2. The van der Waals surface area contributed by atoms with E-state index in [1.807, 2.05) is 23.0 Å². The number of hydrogen-bond acceptors (Lipinski definition) is 5. The van der Waals surface area contributed by atoms with Crippen LogP contribution in [0.5, 0.6) is 0 Å². The first kappa shape index (κ1) is 15.6. The van der Waals surface area contributed by atoms with Crippen LogP contribution in [0.25, 0.3) is 11.5 Å². The van der Waals surface area contributed by atoms with Gasteiger partial charge in [0, 0.05) is 10.9 Å². The van der Waals surface area contributed by atoms with E-state index in [1.54, 1.807) is 28.9 Å². The Labute approximate surface area is 148 Å². The van der Waals surface area contributed by atoms with E-state index in [0.717, 1.165) is 21.8 Å². The first-order chi connectivity index (χ1) is 11.9. The van der Waals surface area contributed by atoms with Gasteiger partial charge in [-0.25, -0.2) is 4.68 Å². The van der Waals surface area contributed by atoms with Gasteiger partial charge in [-0.05, 0) is 41.8 Å². The van der Waals surface area contributed by atoms with Gasteiger partial charge in [-0.3, -0.25) is 4.99 Å². The van der Waals surface area contributed by atoms with Crippen molar-refractivity contribution in [2.75, 3.05) is 0 Å². The van der Waals surface area contributed by atoms with E-state index < -0.39 is 0 Å². The van der Waals surface area contributed by atoms with Crippen molar-refractivity contribution in [1.29, 1.82) is 0 Å². The lowest BCUT2D eigenvalue weighted by molar-refractivity contribution is 0.435. The van der Waals surface area contributed by atoms with E-state index in [0.29, 0.717) is 6.04 Å². The van der Waals surface area contributed by atoms with Crippen LogP contribution in [0.2, 0.25) is 0 Å². The van der Waals surface area contributed by atoms with Gasteiger partial charge in [0.05, 0.1) is 18.5 Å². The summed E-state index contributed by atoms with van der Waals surface area (Å²) in [5.74, 6) is 0.818. The van der Waals surface area contributed by atoms with Crippen molar-refractivity contribution >= 4 is 28.9 Å². The summed E-state index contributed by atoms with van der Waals surface area (Å²) in [7, 11) is 0. The second-order valence-electron chi connectivity index (χ2n) is 5.91. The minimum atomic E-state index is 0.421. The molecule has 0 radical (unpaired) electrons. The number of nitrogens with zero attached hydrogens (tertiary/aromatic N) is 3. The Hall–Kier alpha value is -1.92. The molecule has 1 saturated carbocycles. The highest BCUT2D eigenvalue weighted by atomic mass is 32.1. The minimum Gasteiger partial charge on any atom is -0.463 e. The molecule has 24 heavy (non-hydrogen) atoms. The third-order valence-electron chi connectivity index (χ3n) is 4.19. The molecule has 3 heterocycles. The van der Waals surface area contributed by atoms with Gasteiger partial charge < -0.3 is 4.42 Å². The zero-order valence-corrected chi connectivity index (χ0v) is 14.9. The second kappa shape index (κ2) is 7.32. The second-order valence-corrected chi connectivity index (χ2v) is 7.53. The molecule has 0 bridgehead atoms. The van der Waals surface area contributed by atoms with E-state index in [4.69, 9.17) is 9.41 Å². The van der Waals surface area contributed by atoms with Crippen molar-refractivity contribution in [1.82, 2.24) is 4.68 Å². The summed E-state index contributed by atoms with van der Waals surface area (Å²) in [4.78, 5) is 5.92. The first-order valence-electron chi connectivity index (χ1n) is 8.25. The highest BCUT2D eigenvalue weighted by molar-refractivity contribution is 7.08. The fourth-order valence-corrected chi connectivity index (χ4v) is 4.43. The maximum atomic E-state index is 5.57. The molecule has 6 heteroatoms. The number of thiazole rings is 1. The molecular weight excluding hydrogens is 338 g/mol. The Balaban J connectivity index is 1.74. The highest BCUT2D eigenvalue weighted by Gasteiger charge is 2.14. The molecule has 1 aliphatic rings. The Morgan fingerprint density at radius 3 is 2.83 bits per heavy atom. The van der Waals surface area contributed by atoms with Gasteiger partial charge in [-0.15, -0.1) is 11.3 Å². The standard InChI is InChI=1S/C18H19N3OS2/c1-2-5-15(6-3-1)20-18-21(19-11-14-8-10-23-12-14)16(13-24-18)17-7-4-9-22-17/h4,7-13,15H,1-3,5-6H2. The van der Waals surface area contributed by atoms with Gasteiger partial charge in [0.25, 0.3) is 0 Å². The number of hydrogen-bond donors (Lipinski definition) is 0. The third kappa shape index (κ3) is 3.44. The van der Waals surface area contributed by atoms with Gasteiger partial charge in [-0.2, -0.15) is 16.4 Å². The number of rotatable bonds is 4. The zero-order valence-electron chi connectivity index (χ0n) is 13.3. The van der Waals surface area contributed by atoms with E-state index in [1.165, 1.54) is 32.1 Å². The van der Waals surface area contributed by atoms with Crippen molar-refractivity contribution < 1.29 is 4.42 Å². The Morgan fingerprint density at radius 2 is 2.08 bits per heavy atom. The van der Waals surface area contributed by atoms with Crippen LogP contribution in [0, 0.1) is 0 Å². The molecule has 4 nitrogen and oxygen atoms in total. The minimum absolute atomic E-state index is 0.421. The quantitative estimate of drug-likeness (QED) is 0.607. The molecule has 1 fully saturated rings. The monoisotopic (exact) mass is 357 g/mol. The van der Waals surface area contributed by atoms with Crippen LogP contribution < -0.4 is 4.80 Å². The average molecular weight is 358 g/mol. The van der Waals surface area contributed by atoms with Gasteiger partial charge in [0.2, 0.25) is 4.80 Å². The molecule has 0 atom stereocenters. The van der Waals surface area contributed by atoms with Gasteiger partial charge in [-0.1, -0.05) is 19.3 Å². The Bertz CT molecular complexity index is 851. The van der Waals surface area contributed by atoms with Gasteiger partial charge in [0.15, 0.2) is 5.76 Å². The van der Waals surface area contributed by atoms with Gasteiger partial charge >= 0.3 is 0 Å². The molecule has 3 aromatic heterocycles. The fraction of sp³-hybridized carbons (Fsp3) is 0.333. The SMILES string of the molecule is C(=Nn1c(-c2ccco2)csc1=NC1CCCCC1)c1ccsc1. The van der Waals surface area contributed by atoms with E-state index in [9.17, 15) is 0 Å². The van der Waals surface area contributed by atoms with Crippen LogP contribution in [0.15, 0.2) is 55.1 Å². The van der Waals surface area contributed by atoms with Gasteiger partial charge in [0.1, 0.15) is 5.69 Å². The molecule has 4 rings (SSSR count). The summed E-state index contributed by atoms with van der Waals surface area (Å²) in [5.41, 5.74) is 2.05. The molecular formula is C18H19N3OS2. The summed E-state index contributed by atoms with van der Waals surface area (Å²) in [6, 6.07) is 6.34. The summed E-state index contributed by atoms with van der Waals surface area (Å²) < 4.78 is 7.49. The first-order valence-corrected chi connectivity index (χ1v) is 10.1. The number of furan rings is 1. The molecule has 124 valence electrons. The Morgan fingerprint density at radius 1 is 1.17 bits per heavy atom. The third-order valence-corrected chi connectivity index (χ3v) is 5.72. The van der Waals surface area contributed by atoms with Crippen molar-refractivity contribution in [3.05, 3.63) is 51.0 Å². The molecule has 0 aromatic carbocycles. The van der Waals surface area contributed by atoms with Crippen LogP contribution in [0.1, 0.15) is 37.7 Å². The summed E-state index contributed by atoms with van der Waals surface area (Å²) in [6.07, 6.45) is 9.84. The maximum absolute atomic E-state index is 5.57. The van der Waals surface area contributed by atoms with Crippen LogP contribution in [-0.2, 0) is 0 Å². The van der Waals surface area contributed by atoms with Crippen LogP contribution >= 0.6 is 22.7 Å². The van der Waals surface area contributed by atoms with Crippen molar-refractivity contribution in [3.8, 4) is 11.5 Å². The van der Waals surface area contributed by atoms with Crippen molar-refractivity contribution in [3.63, 3.8) is 0 Å². The molecule has 3 aromatic rings. The van der Waals surface area contributed by atoms with Crippen LogP contribution in [0.3, 0.4) is 0 Å². The molecule has 0 spiro atoms. The lowest BCUT2D eigenvalue weighted by Gasteiger charge is -2.16. The summed E-state index contributed by atoms with van der Waals surface area (Å²) in [6.45, 7) is 0. The van der Waals surface area contributed by atoms with Crippen LogP contribution in [0.4, 0.5) is 0 Å². The topological polar surface area (TPSA) is 42.8 Å². The predicted octanol–water partition coefficient (Wildman–Crippen LogP) is 4.99. The lowest BCUT2D eigenvalue weighted by Crippen LogP contribution is -2.18. The smallest absolute Gasteiger partial charge is 0.206 e. The number of thiophene rings is 1. The summed E-state index contributed by atoms with van der Waals surface area (Å²) in [5, 5.41) is 10.9. The highest BCUT2D eigenvalue weighted by Crippen LogP contribution is 2.22.